The number of piperidine rings is 1. The number of nitrogens with zero attached hydrogens (tertiary/aromatic N) is 2. The van der Waals surface area contributed by atoms with Gasteiger partial charge in [0.1, 0.15) is 4.21 Å². The van der Waals surface area contributed by atoms with Gasteiger partial charge in [-0.2, -0.15) is 4.31 Å². The first-order valence-corrected chi connectivity index (χ1v) is 13.2. The molecule has 0 unspecified atom stereocenters. The Balaban J connectivity index is 1.40. The Morgan fingerprint density at radius 1 is 1.19 bits per heavy atom. The van der Waals surface area contributed by atoms with Crippen LogP contribution in [0.1, 0.15) is 12.8 Å². The van der Waals surface area contributed by atoms with E-state index in [4.69, 9.17) is 0 Å². The van der Waals surface area contributed by atoms with E-state index in [0.29, 0.717) is 56.3 Å². The van der Waals surface area contributed by atoms with Gasteiger partial charge in [0.25, 0.3) is 10.0 Å². The van der Waals surface area contributed by atoms with Gasteiger partial charge in [0.15, 0.2) is 9.84 Å². The van der Waals surface area contributed by atoms with Crippen molar-refractivity contribution in [2.75, 3.05) is 50.8 Å². The Morgan fingerprint density at radius 2 is 1.85 bits per heavy atom. The lowest BCUT2D eigenvalue weighted by atomic mass is 9.97. The number of nitrogens with one attached hydrogen (secondary N) is 1. The third-order valence-electron chi connectivity index (χ3n) is 5.08. The summed E-state index contributed by atoms with van der Waals surface area (Å²) in [5.41, 5.74) is 0. The van der Waals surface area contributed by atoms with E-state index in [-0.39, 0.29) is 23.3 Å². The van der Waals surface area contributed by atoms with E-state index in [2.05, 4.69) is 5.32 Å². The maximum atomic E-state index is 12.5. The predicted molar refractivity (Wildman–Crippen MR) is 104 cm³/mol. The van der Waals surface area contributed by atoms with Crippen molar-refractivity contribution in [3.05, 3.63) is 17.5 Å². The minimum absolute atomic E-state index is 0.0483. The van der Waals surface area contributed by atoms with Crippen LogP contribution in [0.3, 0.4) is 0 Å². The topological polar surface area (TPSA) is 104 Å². The molecule has 1 aromatic heterocycles. The fraction of sp³-hybridized carbons (Fsp3) is 0.688. The largest absolute Gasteiger partial charge is 0.355 e. The molecule has 1 aromatic rings. The number of hydrogen-bond donors (Lipinski definition) is 1. The summed E-state index contributed by atoms with van der Waals surface area (Å²) in [7, 11) is -6.33. The van der Waals surface area contributed by atoms with E-state index in [0.717, 1.165) is 0 Å². The SMILES string of the molecule is O=C(NCCN1CCS(=O)(=O)CC1)C1CCN(S(=O)(=O)c2cccs2)CC1. The summed E-state index contributed by atoms with van der Waals surface area (Å²) in [5.74, 6) is 0.130. The van der Waals surface area contributed by atoms with Crippen molar-refractivity contribution < 1.29 is 21.6 Å². The quantitative estimate of drug-likeness (QED) is 0.674. The van der Waals surface area contributed by atoms with Crippen LogP contribution in [0.2, 0.25) is 0 Å². The molecule has 2 aliphatic rings. The molecule has 0 aliphatic carbocycles. The van der Waals surface area contributed by atoms with Crippen molar-refractivity contribution in [1.29, 1.82) is 0 Å². The lowest BCUT2D eigenvalue weighted by Crippen LogP contribution is -2.46. The molecule has 2 aliphatic heterocycles. The minimum atomic E-state index is -3.44. The summed E-state index contributed by atoms with van der Waals surface area (Å²) >= 11 is 1.20. The monoisotopic (exact) mass is 435 g/mol. The van der Waals surface area contributed by atoms with Crippen LogP contribution < -0.4 is 5.32 Å². The molecule has 0 saturated carbocycles. The van der Waals surface area contributed by atoms with Crippen molar-refractivity contribution in [1.82, 2.24) is 14.5 Å². The number of amides is 1. The van der Waals surface area contributed by atoms with Crippen LogP contribution in [-0.4, -0.2) is 82.7 Å². The molecule has 0 bridgehead atoms. The molecule has 8 nitrogen and oxygen atoms in total. The summed E-state index contributed by atoms with van der Waals surface area (Å²) < 4.78 is 49.6. The molecule has 3 heterocycles. The molecule has 27 heavy (non-hydrogen) atoms. The molecule has 11 heteroatoms. The van der Waals surface area contributed by atoms with Crippen LogP contribution in [0, 0.1) is 5.92 Å². The van der Waals surface area contributed by atoms with Crippen LogP contribution in [-0.2, 0) is 24.7 Å². The van der Waals surface area contributed by atoms with E-state index in [9.17, 15) is 21.6 Å². The summed E-state index contributed by atoms with van der Waals surface area (Å²) in [6.45, 7) is 2.83. The van der Waals surface area contributed by atoms with Crippen molar-refractivity contribution >= 4 is 37.1 Å². The molecule has 0 atom stereocenters. The number of carbonyl (C=O) groups excluding carboxylic acids is 1. The van der Waals surface area contributed by atoms with Gasteiger partial charge in [0.2, 0.25) is 5.91 Å². The highest BCUT2D eigenvalue weighted by Crippen LogP contribution is 2.26. The number of sulfone groups is 1. The zero-order valence-corrected chi connectivity index (χ0v) is 17.5. The number of carbonyl (C=O) groups is 1. The zero-order chi connectivity index (χ0) is 19.5. The maximum absolute atomic E-state index is 12.5. The van der Waals surface area contributed by atoms with Crippen LogP contribution in [0.5, 0.6) is 0 Å². The van der Waals surface area contributed by atoms with Crippen molar-refractivity contribution in [2.24, 2.45) is 5.92 Å². The highest BCUT2D eigenvalue weighted by Gasteiger charge is 2.32. The van der Waals surface area contributed by atoms with Gasteiger partial charge in [-0.1, -0.05) is 6.07 Å². The molecular formula is C16H25N3O5S3. The fourth-order valence-electron chi connectivity index (χ4n) is 3.35. The first-order valence-electron chi connectivity index (χ1n) is 9.02. The standard InChI is InChI=1S/C16H25N3O5S3/c20-16(17-5-8-18-9-12-26(21,22)13-10-18)14-3-6-19(7-4-14)27(23,24)15-2-1-11-25-15/h1-2,11,14H,3-10,12-13H2,(H,17,20). The van der Waals surface area contributed by atoms with Gasteiger partial charge < -0.3 is 5.32 Å². The van der Waals surface area contributed by atoms with E-state index in [1.807, 2.05) is 4.90 Å². The Morgan fingerprint density at radius 3 is 2.44 bits per heavy atom. The molecule has 1 amide bonds. The van der Waals surface area contributed by atoms with Gasteiger partial charge in [-0.15, -0.1) is 11.3 Å². The molecule has 3 rings (SSSR count). The van der Waals surface area contributed by atoms with Crippen LogP contribution in [0.25, 0.3) is 0 Å². The van der Waals surface area contributed by atoms with Gasteiger partial charge in [0, 0.05) is 45.2 Å². The Bertz CT molecular complexity index is 830. The van der Waals surface area contributed by atoms with E-state index >= 15 is 0 Å². The highest BCUT2D eigenvalue weighted by molar-refractivity contribution is 7.91. The summed E-state index contributed by atoms with van der Waals surface area (Å²) in [6.07, 6.45) is 1.02. The van der Waals surface area contributed by atoms with Crippen LogP contribution >= 0.6 is 11.3 Å². The molecule has 2 saturated heterocycles. The van der Waals surface area contributed by atoms with Crippen molar-refractivity contribution in [3.63, 3.8) is 0 Å². The number of hydrogen-bond acceptors (Lipinski definition) is 7. The Kier molecular flexibility index (Phi) is 6.57. The molecule has 1 N–H and O–H groups in total. The van der Waals surface area contributed by atoms with E-state index in [1.54, 1.807) is 17.5 Å². The molecule has 0 spiro atoms. The van der Waals surface area contributed by atoms with E-state index < -0.39 is 19.9 Å². The molecular weight excluding hydrogens is 410 g/mol. The van der Waals surface area contributed by atoms with Gasteiger partial charge in [-0.25, -0.2) is 16.8 Å². The molecule has 152 valence electrons. The normalized spacial score (nSPS) is 22.5. The second-order valence-electron chi connectivity index (χ2n) is 6.89. The summed E-state index contributed by atoms with van der Waals surface area (Å²) in [6, 6.07) is 3.32. The fourth-order valence-corrected chi connectivity index (χ4v) is 7.24. The average Bonchev–Trinajstić information content (AvgIpc) is 3.19. The van der Waals surface area contributed by atoms with Gasteiger partial charge in [0.05, 0.1) is 11.5 Å². The van der Waals surface area contributed by atoms with Gasteiger partial charge in [-0.05, 0) is 24.3 Å². The molecule has 0 radical (unpaired) electrons. The maximum Gasteiger partial charge on any atom is 0.252 e. The summed E-state index contributed by atoms with van der Waals surface area (Å²) in [4.78, 5) is 14.4. The number of rotatable bonds is 6. The second kappa shape index (κ2) is 8.56. The number of sulfonamides is 1. The lowest BCUT2D eigenvalue weighted by molar-refractivity contribution is -0.126. The Labute approximate surface area is 164 Å². The zero-order valence-electron chi connectivity index (χ0n) is 15.0. The summed E-state index contributed by atoms with van der Waals surface area (Å²) in [5, 5.41) is 4.65. The van der Waals surface area contributed by atoms with Crippen LogP contribution in [0.4, 0.5) is 0 Å². The Hall–Kier alpha value is -1.01. The van der Waals surface area contributed by atoms with Crippen molar-refractivity contribution in [2.45, 2.75) is 17.1 Å². The van der Waals surface area contributed by atoms with Gasteiger partial charge in [-0.3, -0.25) is 9.69 Å². The minimum Gasteiger partial charge on any atom is -0.355 e. The molecule has 0 aromatic carbocycles. The molecule has 2 fully saturated rings. The third kappa shape index (κ3) is 5.29. The van der Waals surface area contributed by atoms with E-state index in [1.165, 1.54) is 15.6 Å². The van der Waals surface area contributed by atoms with Crippen LogP contribution in [0.15, 0.2) is 21.7 Å². The first kappa shape index (κ1) is 20.7. The van der Waals surface area contributed by atoms with Gasteiger partial charge >= 0.3 is 0 Å². The third-order valence-corrected chi connectivity index (χ3v) is 9.96. The highest BCUT2D eigenvalue weighted by atomic mass is 32.2. The number of thiophene rings is 1. The second-order valence-corrected chi connectivity index (χ2v) is 12.3. The average molecular weight is 436 g/mol. The lowest BCUT2D eigenvalue weighted by Gasteiger charge is -2.30. The first-order chi connectivity index (χ1) is 12.8. The smallest absolute Gasteiger partial charge is 0.252 e. The predicted octanol–water partition coefficient (Wildman–Crippen LogP) is -0.00460. The van der Waals surface area contributed by atoms with Crippen molar-refractivity contribution in [3.8, 4) is 0 Å².